The van der Waals surface area contributed by atoms with Gasteiger partial charge in [0.25, 0.3) is 0 Å². The highest BCUT2D eigenvalue weighted by Crippen LogP contribution is 2.27. The van der Waals surface area contributed by atoms with Crippen molar-refractivity contribution in [2.45, 2.75) is 20.5 Å². The normalized spacial score (nSPS) is 10.9. The summed E-state index contributed by atoms with van der Waals surface area (Å²) in [5, 5.41) is 0.912. The number of hydrogen-bond acceptors (Lipinski definition) is 3. The molecule has 3 nitrogen and oxygen atoms in total. The van der Waals surface area contributed by atoms with E-state index in [1.165, 1.54) is 6.07 Å². The summed E-state index contributed by atoms with van der Waals surface area (Å²) in [6, 6.07) is 13.1. The van der Waals surface area contributed by atoms with E-state index in [4.69, 9.17) is 9.15 Å². The molecule has 0 saturated carbocycles. The molecule has 0 spiro atoms. The molecule has 3 rings (SSSR count). The lowest BCUT2D eigenvalue weighted by molar-refractivity contribution is 0.304. The van der Waals surface area contributed by atoms with Crippen molar-refractivity contribution in [3.63, 3.8) is 0 Å². The van der Waals surface area contributed by atoms with E-state index in [0.717, 1.165) is 32.3 Å². The zero-order chi connectivity index (χ0) is 15.7. The van der Waals surface area contributed by atoms with E-state index in [1.807, 2.05) is 50.2 Å². The summed E-state index contributed by atoms with van der Waals surface area (Å²) >= 11 is 3.45. The second-order valence-corrected chi connectivity index (χ2v) is 6.05. The van der Waals surface area contributed by atoms with Gasteiger partial charge in [-0.3, -0.25) is 0 Å². The third kappa shape index (κ3) is 2.79. The van der Waals surface area contributed by atoms with Gasteiger partial charge in [0.05, 0.1) is 4.47 Å². The number of ether oxygens (including phenoxy) is 1. The van der Waals surface area contributed by atoms with Crippen molar-refractivity contribution >= 4 is 26.9 Å². The molecule has 0 fully saturated rings. The van der Waals surface area contributed by atoms with Crippen LogP contribution in [0.25, 0.3) is 11.0 Å². The standard InChI is InChI=1S/C18H15BrO3/c1-11-7-8-14-13(9-17(20)22-18(14)12(11)2)10-21-16-6-4-3-5-15(16)19/h3-9H,10H2,1-2H3. The maximum absolute atomic E-state index is 11.8. The fourth-order valence-corrected chi connectivity index (χ4v) is 2.76. The monoisotopic (exact) mass is 358 g/mol. The number of rotatable bonds is 3. The molecule has 1 heterocycles. The molecular formula is C18H15BrO3. The molecule has 0 radical (unpaired) electrons. The van der Waals surface area contributed by atoms with Crippen LogP contribution >= 0.6 is 15.9 Å². The molecule has 22 heavy (non-hydrogen) atoms. The average molecular weight is 359 g/mol. The summed E-state index contributed by atoms with van der Waals surface area (Å²) in [6.07, 6.45) is 0. The van der Waals surface area contributed by atoms with Crippen molar-refractivity contribution < 1.29 is 9.15 Å². The molecule has 4 heteroatoms. The van der Waals surface area contributed by atoms with Crippen molar-refractivity contribution in [1.29, 1.82) is 0 Å². The molecule has 0 unspecified atom stereocenters. The van der Waals surface area contributed by atoms with E-state index in [0.29, 0.717) is 12.2 Å². The lowest BCUT2D eigenvalue weighted by Crippen LogP contribution is -2.05. The second kappa shape index (κ2) is 5.97. The molecule has 0 saturated heterocycles. The molecule has 112 valence electrons. The van der Waals surface area contributed by atoms with E-state index in [9.17, 15) is 4.79 Å². The van der Waals surface area contributed by atoms with Gasteiger partial charge in [-0.1, -0.05) is 24.3 Å². The van der Waals surface area contributed by atoms with Gasteiger partial charge in [0.1, 0.15) is 17.9 Å². The van der Waals surface area contributed by atoms with Crippen molar-refractivity contribution in [3.8, 4) is 5.75 Å². The van der Waals surface area contributed by atoms with E-state index in [-0.39, 0.29) is 5.63 Å². The van der Waals surface area contributed by atoms with Crippen molar-refractivity contribution in [2.24, 2.45) is 0 Å². The minimum atomic E-state index is -0.355. The van der Waals surface area contributed by atoms with E-state index < -0.39 is 0 Å². The third-order valence-corrected chi connectivity index (χ3v) is 4.39. The lowest BCUT2D eigenvalue weighted by atomic mass is 10.0. The molecule has 3 aromatic rings. The minimum Gasteiger partial charge on any atom is -0.488 e. The molecule has 0 bridgehead atoms. The first-order valence-electron chi connectivity index (χ1n) is 6.96. The lowest BCUT2D eigenvalue weighted by Gasteiger charge is -2.11. The first-order valence-corrected chi connectivity index (χ1v) is 7.76. The highest BCUT2D eigenvalue weighted by atomic mass is 79.9. The van der Waals surface area contributed by atoms with Crippen molar-refractivity contribution in [2.75, 3.05) is 0 Å². The Kier molecular flexibility index (Phi) is 4.03. The van der Waals surface area contributed by atoms with Crippen LogP contribution in [-0.4, -0.2) is 0 Å². The van der Waals surface area contributed by atoms with Gasteiger partial charge in [-0.15, -0.1) is 0 Å². The van der Waals surface area contributed by atoms with Crippen LogP contribution in [0.3, 0.4) is 0 Å². The molecule has 0 amide bonds. The SMILES string of the molecule is Cc1ccc2c(COc3ccccc3Br)cc(=O)oc2c1C. The Morgan fingerprint density at radius 2 is 1.91 bits per heavy atom. The van der Waals surface area contributed by atoms with Gasteiger partial charge < -0.3 is 9.15 Å². The number of halogens is 1. The predicted molar refractivity (Wildman–Crippen MR) is 90.4 cm³/mol. The van der Waals surface area contributed by atoms with Crippen LogP contribution in [0.15, 0.2) is 56.1 Å². The first-order chi connectivity index (χ1) is 10.6. The molecular weight excluding hydrogens is 344 g/mol. The summed E-state index contributed by atoms with van der Waals surface area (Å²) in [5.74, 6) is 0.743. The van der Waals surface area contributed by atoms with Gasteiger partial charge in [0.2, 0.25) is 0 Å². The van der Waals surface area contributed by atoms with Gasteiger partial charge in [-0.05, 0) is 53.0 Å². The Labute approximate surface area is 136 Å². The molecule has 1 aromatic heterocycles. The largest absolute Gasteiger partial charge is 0.488 e. The van der Waals surface area contributed by atoms with Crippen molar-refractivity contribution in [1.82, 2.24) is 0 Å². The Balaban J connectivity index is 2.02. The van der Waals surface area contributed by atoms with Gasteiger partial charge in [0.15, 0.2) is 0 Å². The maximum Gasteiger partial charge on any atom is 0.336 e. The maximum atomic E-state index is 11.8. The summed E-state index contributed by atoms with van der Waals surface area (Å²) in [5.41, 5.74) is 3.19. The van der Waals surface area contributed by atoms with E-state index >= 15 is 0 Å². The summed E-state index contributed by atoms with van der Waals surface area (Å²) < 4.78 is 12.1. The molecule has 0 aliphatic carbocycles. The van der Waals surface area contributed by atoms with Crippen LogP contribution in [0.5, 0.6) is 5.75 Å². The smallest absolute Gasteiger partial charge is 0.336 e. The second-order valence-electron chi connectivity index (χ2n) is 5.19. The summed E-state index contributed by atoms with van der Waals surface area (Å²) in [7, 11) is 0. The summed E-state index contributed by atoms with van der Waals surface area (Å²) in [6.45, 7) is 4.27. The number of aryl methyl sites for hydroxylation is 2. The van der Waals surface area contributed by atoms with Gasteiger partial charge in [-0.2, -0.15) is 0 Å². The van der Waals surface area contributed by atoms with Crippen LogP contribution in [0.1, 0.15) is 16.7 Å². The fourth-order valence-electron chi connectivity index (χ4n) is 2.36. The molecule has 0 N–H and O–H groups in total. The molecule has 2 aromatic carbocycles. The van der Waals surface area contributed by atoms with E-state index in [2.05, 4.69) is 15.9 Å². The number of fused-ring (bicyclic) bond motifs is 1. The molecule has 0 aliphatic heterocycles. The number of benzene rings is 2. The van der Waals surface area contributed by atoms with Crippen molar-refractivity contribution in [3.05, 3.63) is 74.0 Å². The number of hydrogen-bond donors (Lipinski definition) is 0. The third-order valence-electron chi connectivity index (χ3n) is 3.74. The molecule has 0 atom stereocenters. The number of para-hydroxylation sites is 1. The van der Waals surface area contributed by atoms with Crippen LogP contribution in [0.4, 0.5) is 0 Å². The Morgan fingerprint density at radius 1 is 1.14 bits per heavy atom. The Hall–Kier alpha value is -2.07. The van der Waals surface area contributed by atoms with Crippen LogP contribution in [-0.2, 0) is 6.61 Å². The molecule has 0 aliphatic rings. The Bertz CT molecular complexity index is 896. The van der Waals surface area contributed by atoms with Gasteiger partial charge in [-0.25, -0.2) is 4.79 Å². The van der Waals surface area contributed by atoms with Gasteiger partial charge in [0, 0.05) is 17.0 Å². The zero-order valence-electron chi connectivity index (χ0n) is 12.4. The quantitative estimate of drug-likeness (QED) is 0.634. The topological polar surface area (TPSA) is 39.4 Å². The van der Waals surface area contributed by atoms with Crippen LogP contribution in [0, 0.1) is 13.8 Å². The predicted octanol–water partition coefficient (Wildman–Crippen LogP) is 4.75. The first kappa shape index (κ1) is 14.9. The van der Waals surface area contributed by atoms with Crippen LogP contribution in [0.2, 0.25) is 0 Å². The Morgan fingerprint density at radius 3 is 2.68 bits per heavy atom. The zero-order valence-corrected chi connectivity index (χ0v) is 13.9. The van der Waals surface area contributed by atoms with Gasteiger partial charge >= 0.3 is 5.63 Å². The van der Waals surface area contributed by atoms with E-state index in [1.54, 1.807) is 0 Å². The fraction of sp³-hybridized carbons (Fsp3) is 0.167. The summed E-state index contributed by atoms with van der Waals surface area (Å²) in [4.78, 5) is 11.8. The minimum absolute atomic E-state index is 0.313. The highest BCUT2D eigenvalue weighted by Gasteiger charge is 2.10. The van der Waals surface area contributed by atoms with Crippen LogP contribution < -0.4 is 10.4 Å². The highest BCUT2D eigenvalue weighted by molar-refractivity contribution is 9.10. The average Bonchev–Trinajstić information content (AvgIpc) is 2.50.